The Labute approximate surface area is 148 Å². The van der Waals surface area contributed by atoms with Crippen molar-refractivity contribution >= 4 is 21.1 Å². The maximum atomic E-state index is 13.0. The van der Waals surface area contributed by atoms with E-state index in [-0.39, 0.29) is 0 Å². The number of aromatic amines is 1. The number of pyridine rings is 1. The van der Waals surface area contributed by atoms with Gasteiger partial charge >= 0.3 is 0 Å². The summed E-state index contributed by atoms with van der Waals surface area (Å²) < 4.78 is 27.6. The van der Waals surface area contributed by atoms with Crippen molar-refractivity contribution in [2.24, 2.45) is 5.92 Å². The van der Waals surface area contributed by atoms with Gasteiger partial charge in [0.15, 0.2) is 0 Å². The summed E-state index contributed by atoms with van der Waals surface area (Å²) in [5.74, 6) is 0.691. The average molecular weight is 363 g/mol. The molecule has 0 saturated carbocycles. The number of hydrogen-bond acceptors (Lipinski definition) is 5. The fourth-order valence-corrected chi connectivity index (χ4v) is 5.45. The fourth-order valence-electron chi connectivity index (χ4n) is 3.88. The van der Waals surface area contributed by atoms with Gasteiger partial charge in [0, 0.05) is 50.5 Å². The van der Waals surface area contributed by atoms with Gasteiger partial charge < -0.3 is 15.2 Å². The molecule has 2 saturated heterocycles. The number of fused-ring (bicyclic) bond motifs is 1. The van der Waals surface area contributed by atoms with Gasteiger partial charge in [0.05, 0.1) is 0 Å². The van der Waals surface area contributed by atoms with Crippen LogP contribution in [0.1, 0.15) is 12.8 Å². The van der Waals surface area contributed by atoms with Gasteiger partial charge in [-0.15, -0.1) is 0 Å². The second-order valence-corrected chi connectivity index (χ2v) is 8.88. The van der Waals surface area contributed by atoms with Crippen LogP contribution in [0.4, 0.5) is 0 Å². The second-order valence-electron chi connectivity index (χ2n) is 6.97. The molecule has 1 unspecified atom stereocenters. The largest absolute Gasteiger partial charge is 0.345 e. The lowest BCUT2D eigenvalue weighted by atomic mass is 9.99. The van der Waals surface area contributed by atoms with Gasteiger partial charge in [-0.2, -0.15) is 4.31 Å². The molecular formula is C17H25N5O2S. The van der Waals surface area contributed by atoms with Gasteiger partial charge in [-0.3, -0.25) is 0 Å². The lowest BCUT2D eigenvalue weighted by Gasteiger charge is -2.36. The van der Waals surface area contributed by atoms with Gasteiger partial charge in [-0.05, 0) is 44.0 Å². The van der Waals surface area contributed by atoms with Crippen molar-refractivity contribution in [3.8, 4) is 0 Å². The van der Waals surface area contributed by atoms with Gasteiger partial charge in [0.25, 0.3) is 0 Å². The van der Waals surface area contributed by atoms with E-state index in [0.717, 1.165) is 32.7 Å². The van der Waals surface area contributed by atoms with Crippen LogP contribution in [0.3, 0.4) is 0 Å². The minimum atomic E-state index is -3.48. The summed E-state index contributed by atoms with van der Waals surface area (Å²) in [4.78, 5) is 9.88. The molecule has 0 aliphatic carbocycles. The summed E-state index contributed by atoms with van der Waals surface area (Å²) >= 11 is 0. The molecule has 2 aromatic heterocycles. The van der Waals surface area contributed by atoms with Crippen molar-refractivity contribution in [3.05, 3.63) is 24.5 Å². The molecule has 0 radical (unpaired) electrons. The molecule has 2 aliphatic heterocycles. The standard InChI is InChI=1S/C17H25N5O2S/c23-25(24,16-12-20-17-15(16)4-2-6-19-17)22-9-7-21(8-10-22)13-14-3-1-5-18-11-14/h2,4,6,12,14,18H,1,3,5,7-11,13H2,(H,19,20). The highest BCUT2D eigenvalue weighted by Gasteiger charge is 2.31. The molecule has 1 atom stereocenters. The number of piperidine rings is 1. The van der Waals surface area contributed by atoms with Gasteiger partial charge in [0.2, 0.25) is 10.0 Å². The van der Waals surface area contributed by atoms with Crippen LogP contribution < -0.4 is 5.32 Å². The normalized spacial score (nSPS) is 23.9. The first kappa shape index (κ1) is 17.0. The molecule has 2 N–H and O–H groups in total. The molecule has 0 spiro atoms. The summed E-state index contributed by atoms with van der Waals surface area (Å²) in [5, 5.41) is 4.12. The Balaban J connectivity index is 1.42. The van der Waals surface area contributed by atoms with Crippen LogP contribution in [0.5, 0.6) is 0 Å². The van der Waals surface area contributed by atoms with E-state index < -0.39 is 10.0 Å². The van der Waals surface area contributed by atoms with Gasteiger partial charge in [-0.1, -0.05) is 0 Å². The molecule has 0 aromatic carbocycles. The molecular weight excluding hydrogens is 338 g/mol. The molecule has 0 amide bonds. The molecule has 136 valence electrons. The zero-order valence-electron chi connectivity index (χ0n) is 14.3. The molecule has 7 nitrogen and oxygen atoms in total. The van der Waals surface area contributed by atoms with Crippen molar-refractivity contribution in [3.63, 3.8) is 0 Å². The van der Waals surface area contributed by atoms with E-state index in [1.165, 1.54) is 12.8 Å². The zero-order chi connectivity index (χ0) is 17.3. The predicted molar refractivity (Wildman–Crippen MR) is 96.9 cm³/mol. The molecule has 0 bridgehead atoms. The number of piperazine rings is 1. The molecule has 2 fully saturated rings. The van der Waals surface area contributed by atoms with E-state index in [1.54, 1.807) is 28.8 Å². The van der Waals surface area contributed by atoms with E-state index in [1.807, 2.05) is 0 Å². The van der Waals surface area contributed by atoms with Gasteiger partial charge in [0.1, 0.15) is 10.5 Å². The summed E-state index contributed by atoms with van der Waals surface area (Å²) in [7, 11) is -3.48. The lowest BCUT2D eigenvalue weighted by molar-refractivity contribution is 0.154. The zero-order valence-corrected chi connectivity index (χ0v) is 15.1. The molecule has 2 aliphatic rings. The average Bonchev–Trinajstić information content (AvgIpc) is 3.08. The highest BCUT2D eigenvalue weighted by atomic mass is 32.2. The van der Waals surface area contributed by atoms with E-state index in [0.29, 0.717) is 34.9 Å². The third-order valence-electron chi connectivity index (χ3n) is 5.28. The lowest BCUT2D eigenvalue weighted by Crippen LogP contribution is -2.50. The molecule has 25 heavy (non-hydrogen) atoms. The second kappa shape index (κ2) is 7.03. The third kappa shape index (κ3) is 3.44. The van der Waals surface area contributed by atoms with Crippen LogP contribution in [0.25, 0.3) is 11.0 Å². The number of sulfonamides is 1. The summed E-state index contributed by atoms with van der Waals surface area (Å²) in [6, 6.07) is 3.57. The highest BCUT2D eigenvalue weighted by molar-refractivity contribution is 7.89. The Kier molecular flexibility index (Phi) is 4.77. The molecule has 4 heterocycles. The quantitative estimate of drug-likeness (QED) is 0.842. The van der Waals surface area contributed by atoms with Crippen molar-refractivity contribution in [2.45, 2.75) is 17.7 Å². The maximum Gasteiger partial charge on any atom is 0.245 e. The van der Waals surface area contributed by atoms with E-state index >= 15 is 0 Å². The van der Waals surface area contributed by atoms with Crippen LogP contribution in [-0.2, 0) is 10.0 Å². The first-order valence-electron chi connectivity index (χ1n) is 9.00. The van der Waals surface area contributed by atoms with Crippen LogP contribution in [0, 0.1) is 5.92 Å². The van der Waals surface area contributed by atoms with Crippen molar-refractivity contribution in [1.82, 2.24) is 24.5 Å². The number of nitrogens with zero attached hydrogens (tertiary/aromatic N) is 3. The Hall–Kier alpha value is -1.48. The number of H-pyrrole nitrogens is 1. The van der Waals surface area contributed by atoms with Gasteiger partial charge in [-0.25, -0.2) is 13.4 Å². The number of rotatable bonds is 4. The van der Waals surface area contributed by atoms with E-state index in [9.17, 15) is 8.42 Å². The Bertz CT molecular complexity index is 820. The van der Waals surface area contributed by atoms with Crippen molar-refractivity contribution in [1.29, 1.82) is 0 Å². The monoisotopic (exact) mass is 363 g/mol. The Morgan fingerprint density at radius 2 is 2.08 bits per heavy atom. The van der Waals surface area contributed by atoms with Crippen LogP contribution in [-0.4, -0.2) is 73.4 Å². The maximum absolute atomic E-state index is 13.0. The SMILES string of the molecule is O=S(=O)(c1c[nH]c2ncccc12)N1CCN(CC2CCCNC2)CC1. The third-order valence-corrected chi connectivity index (χ3v) is 7.22. The fraction of sp³-hybridized carbons (Fsp3) is 0.588. The van der Waals surface area contributed by atoms with Crippen molar-refractivity contribution in [2.75, 3.05) is 45.8 Å². The van der Waals surface area contributed by atoms with Crippen LogP contribution in [0.2, 0.25) is 0 Å². The number of hydrogen-bond donors (Lipinski definition) is 2. The topological polar surface area (TPSA) is 81.3 Å². The number of aromatic nitrogens is 2. The Morgan fingerprint density at radius 1 is 1.24 bits per heavy atom. The van der Waals surface area contributed by atoms with Crippen molar-refractivity contribution < 1.29 is 8.42 Å². The van der Waals surface area contributed by atoms with E-state index in [2.05, 4.69) is 20.2 Å². The van der Waals surface area contributed by atoms with Crippen LogP contribution in [0.15, 0.2) is 29.4 Å². The highest BCUT2D eigenvalue weighted by Crippen LogP contribution is 2.25. The first-order chi connectivity index (χ1) is 12.1. The minimum Gasteiger partial charge on any atom is -0.345 e. The Morgan fingerprint density at radius 3 is 2.84 bits per heavy atom. The molecule has 4 rings (SSSR count). The molecule has 8 heteroatoms. The van der Waals surface area contributed by atoms with E-state index in [4.69, 9.17) is 0 Å². The first-order valence-corrected chi connectivity index (χ1v) is 10.4. The summed E-state index contributed by atoms with van der Waals surface area (Å²) in [6.07, 6.45) is 5.74. The number of nitrogens with one attached hydrogen (secondary N) is 2. The smallest absolute Gasteiger partial charge is 0.245 e. The van der Waals surface area contributed by atoms with Crippen LogP contribution >= 0.6 is 0 Å². The minimum absolute atomic E-state index is 0.334. The summed E-state index contributed by atoms with van der Waals surface area (Å²) in [6.45, 7) is 5.98. The molecule has 2 aromatic rings. The predicted octanol–water partition coefficient (Wildman–Crippen LogP) is 0.869. The summed E-state index contributed by atoms with van der Waals surface area (Å²) in [5.41, 5.74) is 0.615.